The molecule has 0 fully saturated rings. The minimum Gasteiger partial charge on any atom is -0.324 e. The van der Waals surface area contributed by atoms with Gasteiger partial charge in [0.2, 0.25) is 15.9 Å². The second-order valence-corrected chi connectivity index (χ2v) is 12.1. The third-order valence-corrected chi connectivity index (χ3v) is 7.67. The van der Waals surface area contributed by atoms with Crippen LogP contribution in [0, 0.1) is 11.2 Å². The number of nitrogens with one attached hydrogen (secondary N) is 2. The average Bonchev–Trinajstić information content (AvgIpc) is 3.33. The van der Waals surface area contributed by atoms with Gasteiger partial charge in [-0.05, 0) is 42.3 Å². The summed E-state index contributed by atoms with van der Waals surface area (Å²) in [6.45, 7) is 8.43. The number of hydrogen-bond donors (Lipinski definition) is 3. The Morgan fingerprint density at radius 2 is 1.94 bits per heavy atom. The van der Waals surface area contributed by atoms with Crippen LogP contribution in [0.4, 0.5) is 10.1 Å². The van der Waals surface area contributed by atoms with Crippen molar-refractivity contribution in [2.24, 2.45) is 10.6 Å². The summed E-state index contributed by atoms with van der Waals surface area (Å²) in [6.07, 6.45) is 1.44. The van der Waals surface area contributed by atoms with Crippen LogP contribution in [-0.2, 0) is 20.4 Å². The molecule has 1 aromatic heterocycles. The highest BCUT2D eigenvalue weighted by molar-refractivity contribution is 7.89. The van der Waals surface area contributed by atoms with E-state index in [0.717, 1.165) is 23.3 Å². The van der Waals surface area contributed by atoms with E-state index >= 15 is 0 Å². The molecule has 0 radical (unpaired) electrons. The summed E-state index contributed by atoms with van der Waals surface area (Å²) in [5, 5.41) is 11.5. The molecular weight excluding hydrogens is 509 g/mol. The molecule has 9 nitrogen and oxygen atoms in total. The van der Waals surface area contributed by atoms with E-state index in [2.05, 4.69) is 15.6 Å². The fourth-order valence-electron chi connectivity index (χ4n) is 4.55. The van der Waals surface area contributed by atoms with Gasteiger partial charge in [-0.15, -0.1) is 0 Å². The number of hydrogen-bond acceptors (Lipinski definition) is 6. The fourth-order valence-corrected chi connectivity index (χ4v) is 5.29. The van der Waals surface area contributed by atoms with Crippen LogP contribution < -0.4 is 15.8 Å². The van der Waals surface area contributed by atoms with Gasteiger partial charge in [0.1, 0.15) is 16.3 Å². The zero-order chi connectivity index (χ0) is 26.6. The highest BCUT2D eigenvalue weighted by atomic mass is 35.5. The molecule has 4 N–H and O–H groups in total. The highest BCUT2D eigenvalue weighted by Gasteiger charge is 2.50. The molecule has 3 heterocycles. The summed E-state index contributed by atoms with van der Waals surface area (Å²) in [5.74, 6) is -1.91. The molecule has 0 spiro atoms. The lowest BCUT2D eigenvalue weighted by Crippen LogP contribution is -2.48. The van der Waals surface area contributed by atoms with Gasteiger partial charge >= 0.3 is 0 Å². The molecule has 2 aliphatic heterocycles. The zero-order valence-corrected chi connectivity index (χ0v) is 21.8. The van der Waals surface area contributed by atoms with E-state index in [1.54, 1.807) is 31.7 Å². The number of nitrogens with two attached hydrogens (primary N) is 1. The van der Waals surface area contributed by atoms with Gasteiger partial charge in [0.05, 0.1) is 16.4 Å². The van der Waals surface area contributed by atoms with Crippen LogP contribution in [0.3, 0.4) is 0 Å². The van der Waals surface area contributed by atoms with Crippen LogP contribution in [0.15, 0.2) is 46.5 Å². The van der Waals surface area contributed by atoms with Gasteiger partial charge in [-0.3, -0.25) is 14.6 Å². The van der Waals surface area contributed by atoms with Crippen molar-refractivity contribution in [1.82, 2.24) is 15.2 Å². The largest absolute Gasteiger partial charge is 0.324 e. The first-order valence-electron chi connectivity index (χ1n) is 11.2. The number of amides is 2. The number of carbonyl (C=O) groups is 2. The fraction of sp³-hybridized carbons (Fsp3) is 0.375. The van der Waals surface area contributed by atoms with Crippen LogP contribution in [0.1, 0.15) is 43.7 Å². The summed E-state index contributed by atoms with van der Waals surface area (Å²) in [4.78, 5) is 32.0. The number of halogens is 2. The molecule has 36 heavy (non-hydrogen) atoms. The normalized spacial score (nSPS) is 20.0. The van der Waals surface area contributed by atoms with Crippen LogP contribution in [-0.4, -0.2) is 49.8 Å². The van der Waals surface area contributed by atoms with E-state index in [-0.39, 0.29) is 18.0 Å². The van der Waals surface area contributed by atoms with Gasteiger partial charge in [0.25, 0.3) is 5.91 Å². The van der Waals surface area contributed by atoms with Crippen molar-refractivity contribution in [1.29, 1.82) is 0 Å². The van der Waals surface area contributed by atoms with Crippen LogP contribution in [0.2, 0.25) is 5.02 Å². The lowest BCUT2D eigenvalue weighted by molar-refractivity contribution is -0.123. The molecule has 0 bridgehead atoms. The van der Waals surface area contributed by atoms with Crippen molar-refractivity contribution in [2.45, 2.75) is 38.1 Å². The van der Waals surface area contributed by atoms with E-state index in [0.29, 0.717) is 29.5 Å². The molecule has 12 heteroatoms. The summed E-state index contributed by atoms with van der Waals surface area (Å²) in [5.41, 5.74) is 0.821. The molecule has 0 saturated heterocycles. The SMILES string of the molecule is CC(C)(C)C(=O)Nc1cc(Cl)cnc1C1(C)C2=C(CNC2)CN1C(=O)c1ccc(S(N)(=O)=O)c(F)c1. The third-order valence-electron chi connectivity index (χ3n) is 6.52. The molecule has 1 unspecified atom stereocenters. The third kappa shape index (κ3) is 4.52. The second kappa shape index (κ2) is 8.91. The zero-order valence-electron chi connectivity index (χ0n) is 20.3. The second-order valence-electron chi connectivity index (χ2n) is 10.1. The molecule has 2 aliphatic rings. The van der Waals surface area contributed by atoms with E-state index in [4.69, 9.17) is 16.7 Å². The smallest absolute Gasteiger partial charge is 0.255 e. The predicted molar refractivity (Wildman–Crippen MR) is 133 cm³/mol. The van der Waals surface area contributed by atoms with Gasteiger partial charge in [0, 0.05) is 36.8 Å². The summed E-state index contributed by atoms with van der Waals surface area (Å²) in [6, 6.07) is 4.65. The number of primary sulfonamides is 1. The number of anilines is 1. The van der Waals surface area contributed by atoms with Crippen molar-refractivity contribution >= 4 is 39.1 Å². The number of benzene rings is 1. The molecular formula is C24H27ClFN5O4S. The first kappa shape index (κ1) is 26.2. The number of aromatic nitrogens is 1. The first-order chi connectivity index (χ1) is 16.6. The molecule has 0 saturated carbocycles. The number of sulfonamides is 1. The standard InChI is InChI=1S/C24H27ClFN5O4S/c1-23(2,3)22(33)30-18-8-15(25)10-29-20(18)24(4)16-11-28-9-14(16)12-31(24)21(32)13-5-6-19(17(26)7-13)36(27,34)35/h5-8,10,28H,9,11-12H2,1-4H3,(H,30,33)(H2,27,34,35). The minimum atomic E-state index is -4.29. The van der Waals surface area contributed by atoms with Crippen molar-refractivity contribution in [2.75, 3.05) is 25.0 Å². The van der Waals surface area contributed by atoms with E-state index in [1.807, 2.05) is 6.92 Å². The topological polar surface area (TPSA) is 134 Å². The Morgan fingerprint density at radius 3 is 2.56 bits per heavy atom. The van der Waals surface area contributed by atoms with Gasteiger partial charge in [-0.2, -0.15) is 0 Å². The van der Waals surface area contributed by atoms with Crippen molar-refractivity contribution in [3.05, 3.63) is 63.7 Å². The maximum atomic E-state index is 14.6. The quantitative estimate of drug-likeness (QED) is 0.515. The summed E-state index contributed by atoms with van der Waals surface area (Å²) in [7, 11) is -4.29. The summed E-state index contributed by atoms with van der Waals surface area (Å²) < 4.78 is 37.8. The Kier molecular flexibility index (Phi) is 6.49. The Labute approximate surface area is 214 Å². The number of carbonyl (C=O) groups excluding carboxylic acids is 2. The van der Waals surface area contributed by atoms with Crippen molar-refractivity contribution < 1.29 is 22.4 Å². The minimum absolute atomic E-state index is 0.0468. The van der Waals surface area contributed by atoms with Crippen LogP contribution in [0.25, 0.3) is 0 Å². The number of rotatable bonds is 4. The molecule has 4 rings (SSSR count). The van der Waals surface area contributed by atoms with Gasteiger partial charge in [-0.1, -0.05) is 32.4 Å². The predicted octanol–water partition coefficient (Wildman–Crippen LogP) is 2.78. The molecule has 192 valence electrons. The van der Waals surface area contributed by atoms with E-state index in [9.17, 15) is 22.4 Å². The Hall–Kier alpha value is -2.86. The van der Waals surface area contributed by atoms with E-state index < -0.39 is 37.6 Å². The molecule has 2 aromatic rings. The maximum Gasteiger partial charge on any atom is 0.255 e. The molecule has 1 aromatic carbocycles. The van der Waals surface area contributed by atoms with Gasteiger partial charge in [0.15, 0.2) is 0 Å². The van der Waals surface area contributed by atoms with Crippen LogP contribution in [0.5, 0.6) is 0 Å². The number of pyridine rings is 1. The molecule has 0 aliphatic carbocycles. The Balaban J connectivity index is 1.82. The Bertz CT molecular complexity index is 1420. The monoisotopic (exact) mass is 535 g/mol. The Morgan fingerprint density at radius 1 is 1.25 bits per heavy atom. The highest BCUT2D eigenvalue weighted by Crippen LogP contribution is 2.47. The summed E-state index contributed by atoms with van der Waals surface area (Å²) >= 11 is 6.22. The molecule has 2 amide bonds. The maximum absolute atomic E-state index is 14.6. The van der Waals surface area contributed by atoms with E-state index in [1.165, 1.54) is 12.3 Å². The first-order valence-corrected chi connectivity index (χ1v) is 13.1. The van der Waals surface area contributed by atoms with Gasteiger partial charge in [-0.25, -0.2) is 17.9 Å². The average molecular weight is 536 g/mol. The van der Waals surface area contributed by atoms with Crippen molar-refractivity contribution in [3.8, 4) is 0 Å². The van der Waals surface area contributed by atoms with Gasteiger partial charge < -0.3 is 15.5 Å². The van der Waals surface area contributed by atoms with Crippen molar-refractivity contribution in [3.63, 3.8) is 0 Å². The number of nitrogens with zero attached hydrogens (tertiary/aromatic N) is 2. The lowest BCUT2D eigenvalue weighted by atomic mass is 9.86. The van der Waals surface area contributed by atoms with Crippen LogP contribution >= 0.6 is 11.6 Å². The lowest BCUT2D eigenvalue weighted by Gasteiger charge is -2.39. The molecule has 1 atom stereocenters.